The molecule has 2 unspecified atom stereocenters. The largest absolute Gasteiger partial charge is 0.484 e. The van der Waals surface area contributed by atoms with E-state index in [0.29, 0.717) is 23.3 Å². The molecule has 0 bridgehead atoms. The predicted molar refractivity (Wildman–Crippen MR) is 120 cm³/mol. The number of nitro groups is 1. The van der Waals surface area contributed by atoms with Crippen molar-refractivity contribution < 1.29 is 19.1 Å². The zero-order valence-corrected chi connectivity index (χ0v) is 17.9. The van der Waals surface area contributed by atoms with E-state index in [1.54, 1.807) is 6.07 Å². The summed E-state index contributed by atoms with van der Waals surface area (Å²) >= 11 is 0. The van der Waals surface area contributed by atoms with Crippen LogP contribution in [0.3, 0.4) is 0 Å². The predicted octanol–water partition coefficient (Wildman–Crippen LogP) is 4.63. The van der Waals surface area contributed by atoms with Crippen molar-refractivity contribution >= 4 is 22.4 Å². The molecule has 4 rings (SSSR count). The van der Waals surface area contributed by atoms with Crippen molar-refractivity contribution in [2.75, 3.05) is 25.1 Å². The van der Waals surface area contributed by atoms with Gasteiger partial charge in [-0.25, -0.2) is 9.97 Å². The van der Waals surface area contributed by atoms with Crippen LogP contribution < -0.4 is 10.1 Å². The first-order valence-corrected chi connectivity index (χ1v) is 10.7. The highest BCUT2D eigenvalue weighted by atomic mass is 16.7. The smallest absolute Gasteiger partial charge is 0.311 e. The van der Waals surface area contributed by atoms with E-state index in [0.717, 1.165) is 24.8 Å². The average molecular weight is 438 g/mol. The van der Waals surface area contributed by atoms with Crippen LogP contribution in [-0.4, -0.2) is 41.0 Å². The number of aromatic nitrogens is 2. The molecule has 32 heavy (non-hydrogen) atoms. The zero-order valence-electron chi connectivity index (χ0n) is 17.9. The van der Waals surface area contributed by atoms with E-state index in [-0.39, 0.29) is 37.0 Å². The van der Waals surface area contributed by atoms with Crippen molar-refractivity contribution in [1.29, 1.82) is 0 Å². The summed E-state index contributed by atoms with van der Waals surface area (Å²) < 4.78 is 16.8. The van der Waals surface area contributed by atoms with Crippen LogP contribution in [0.1, 0.15) is 37.8 Å². The molecule has 168 valence electrons. The molecule has 3 aromatic rings. The lowest BCUT2D eigenvalue weighted by Gasteiger charge is -2.22. The van der Waals surface area contributed by atoms with Crippen LogP contribution in [0.5, 0.6) is 5.75 Å². The van der Waals surface area contributed by atoms with Crippen LogP contribution in [0.25, 0.3) is 10.9 Å². The number of ether oxygens (including phenoxy) is 3. The van der Waals surface area contributed by atoms with Gasteiger partial charge >= 0.3 is 5.69 Å². The first-order chi connectivity index (χ1) is 15.6. The monoisotopic (exact) mass is 438 g/mol. The summed E-state index contributed by atoms with van der Waals surface area (Å²) in [6.07, 6.45) is 4.17. The molecule has 2 heterocycles. The van der Waals surface area contributed by atoms with Crippen LogP contribution in [0.4, 0.5) is 11.5 Å². The van der Waals surface area contributed by atoms with Crippen molar-refractivity contribution in [2.24, 2.45) is 0 Å². The Bertz CT molecular complexity index is 1060. The lowest BCUT2D eigenvalue weighted by atomic mass is 10.1. The summed E-state index contributed by atoms with van der Waals surface area (Å²) in [4.78, 5) is 19.8. The number of hydrogen-bond acceptors (Lipinski definition) is 8. The quantitative estimate of drug-likeness (QED) is 0.293. The normalized spacial score (nSPS) is 17.1. The number of nitro benzene ring substituents is 1. The van der Waals surface area contributed by atoms with Crippen LogP contribution >= 0.6 is 0 Å². The first kappa shape index (κ1) is 21.9. The zero-order chi connectivity index (χ0) is 22.3. The lowest BCUT2D eigenvalue weighted by Crippen LogP contribution is -2.24. The number of anilines is 1. The SMILES string of the molecule is CC(Nc1ncnc2cc(OCCOC3CCCCO3)c([N+](=O)[O-])cc12)c1ccccc1. The summed E-state index contributed by atoms with van der Waals surface area (Å²) in [6.45, 7) is 3.16. The van der Waals surface area contributed by atoms with Crippen molar-refractivity contribution in [3.63, 3.8) is 0 Å². The molecule has 0 spiro atoms. The molecule has 0 saturated carbocycles. The Kier molecular flexibility index (Phi) is 7.08. The second-order valence-electron chi connectivity index (χ2n) is 7.61. The third-order valence-electron chi connectivity index (χ3n) is 5.35. The van der Waals surface area contributed by atoms with Gasteiger partial charge < -0.3 is 19.5 Å². The maximum atomic E-state index is 11.7. The van der Waals surface area contributed by atoms with Crippen LogP contribution in [0, 0.1) is 10.1 Å². The molecule has 1 saturated heterocycles. The second kappa shape index (κ2) is 10.3. The van der Waals surface area contributed by atoms with Gasteiger partial charge in [-0.2, -0.15) is 0 Å². The van der Waals surface area contributed by atoms with Crippen molar-refractivity contribution in [1.82, 2.24) is 9.97 Å². The van der Waals surface area contributed by atoms with Gasteiger partial charge in [-0.05, 0) is 31.7 Å². The standard InChI is InChI=1S/C23H26N4O5/c1-16(17-7-3-2-4-8-17)26-23-18-13-20(27(28)29)21(14-19(18)24-15-25-23)30-11-12-32-22-9-5-6-10-31-22/h2-4,7-8,13-16,22H,5-6,9-12H2,1H3,(H,24,25,26). The highest BCUT2D eigenvalue weighted by Crippen LogP contribution is 2.34. The van der Waals surface area contributed by atoms with Gasteiger partial charge in [0.1, 0.15) is 18.8 Å². The molecule has 9 heteroatoms. The molecule has 1 aromatic heterocycles. The van der Waals surface area contributed by atoms with Crippen molar-refractivity contribution in [3.8, 4) is 5.75 Å². The van der Waals surface area contributed by atoms with Gasteiger partial charge in [-0.1, -0.05) is 30.3 Å². The third kappa shape index (κ3) is 5.30. The first-order valence-electron chi connectivity index (χ1n) is 10.7. The lowest BCUT2D eigenvalue weighted by molar-refractivity contribution is -0.385. The summed E-state index contributed by atoms with van der Waals surface area (Å²) in [5.41, 5.74) is 1.49. The van der Waals surface area contributed by atoms with Gasteiger partial charge in [-0.15, -0.1) is 0 Å². The van der Waals surface area contributed by atoms with Gasteiger partial charge in [0.05, 0.1) is 17.0 Å². The molecular formula is C23H26N4O5. The van der Waals surface area contributed by atoms with Crippen molar-refractivity contribution in [3.05, 3.63) is 64.5 Å². The van der Waals surface area contributed by atoms with E-state index in [1.807, 2.05) is 37.3 Å². The minimum Gasteiger partial charge on any atom is -0.484 e. The molecule has 2 aromatic carbocycles. The molecular weight excluding hydrogens is 412 g/mol. The number of fused-ring (bicyclic) bond motifs is 1. The Labute approximate surface area is 185 Å². The Morgan fingerprint density at radius 3 is 2.81 bits per heavy atom. The molecule has 0 radical (unpaired) electrons. The molecule has 2 atom stereocenters. The van der Waals surface area contributed by atoms with Gasteiger partial charge in [0.2, 0.25) is 0 Å². The van der Waals surface area contributed by atoms with E-state index in [1.165, 1.54) is 12.4 Å². The maximum Gasteiger partial charge on any atom is 0.311 e. The second-order valence-corrected chi connectivity index (χ2v) is 7.61. The van der Waals surface area contributed by atoms with E-state index < -0.39 is 4.92 Å². The molecule has 0 aliphatic carbocycles. The van der Waals surface area contributed by atoms with Gasteiger partial charge in [0, 0.05) is 30.2 Å². The fourth-order valence-corrected chi connectivity index (χ4v) is 3.65. The van der Waals surface area contributed by atoms with Gasteiger partial charge in [0.15, 0.2) is 12.0 Å². The summed E-state index contributed by atoms with van der Waals surface area (Å²) in [6, 6.07) is 12.9. The fourth-order valence-electron chi connectivity index (χ4n) is 3.65. The number of nitrogens with zero attached hydrogens (tertiary/aromatic N) is 3. The van der Waals surface area contributed by atoms with Crippen molar-refractivity contribution in [2.45, 2.75) is 38.5 Å². The van der Waals surface area contributed by atoms with Crippen LogP contribution in [0.2, 0.25) is 0 Å². The molecule has 9 nitrogen and oxygen atoms in total. The Morgan fingerprint density at radius 1 is 1.22 bits per heavy atom. The summed E-state index contributed by atoms with van der Waals surface area (Å²) in [5.74, 6) is 0.676. The molecule has 0 amide bonds. The van der Waals surface area contributed by atoms with Gasteiger partial charge in [-0.3, -0.25) is 10.1 Å². The van der Waals surface area contributed by atoms with E-state index in [4.69, 9.17) is 14.2 Å². The average Bonchev–Trinajstić information content (AvgIpc) is 2.82. The fraction of sp³-hybridized carbons (Fsp3) is 0.391. The minimum atomic E-state index is -0.461. The van der Waals surface area contributed by atoms with E-state index >= 15 is 0 Å². The molecule has 1 fully saturated rings. The van der Waals surface area contributed by atoms with E-state index in [9.17, 15) is 10.1 Å². The minimum absolute atomic E-state index is 0.0385. The summed E-state index contributed by atoms with van der Waals surface area (Å²) in [5, 5.41) is 15.6. The molecule has 1 aliphatic rings. The number of benzene rings is 2. The van der Waals surface area contributed by atoms with Gasteiger partial charge in [0.25, 0.3) is 0 Å². The third-order valence-corrected chi connectivity index (χ3v) is 5.35. The maximum absolute atomic E-state index is 11.7. The molecule has 1 aliphatic heterocycles. The highest BCUT2D eigenvalue weighted by Gasteiger charge is 2.20. The Balaban J connectivity index is 1.50. The highest BCUT2D eigenvalue weighted by molar-refractivity contribution is 5.92. The van der Waals surface area contributed by atoms with Crippen LogP contribution in [-0.2, 0) is 9.47 Å². The molecule has 1 N–H and O–H groups in total. The number of rotatable bonds is 9. The summed E-state index contributed by atoms with van der Waals surface area (Å²) in [7, 11) is 0. The van der Waals surface area contributed by atoms with Crippen LogP contribution in [0.15, 0.2) is 48.8 Å². The Hall–Kier alpha value is -3.30. The van der Waals surface area contributed by atoms with E-state index in [2.05, 4.69) is 15.3 Å². The number of hydrogen-bond donors (Lipinski definition) is 1. The Morgan fingerprint density at radius 2 is 2.06 bits per heavy atom. The topological polar surface area (TPSA) is 109 Å². The number of nitrogens with one attached hydrogen (secondary N) is 1.